The van der Waals surface area contributed by atoms with E-state index in [2.05, 4.69) is 69.3 Å². The molecule has 0 fully saturated rings. The molecule has 0 aromatic heterocycles. The van der Waals surface area contributed by atoms with Crippen molar-refractivity contribution in [2.75, 3.05) is 0 Å². The summed E-state index contributed by atoms with van der Waals surface area (Å²) in [7, 11) is 0. The molecule has 1 amide bonds. The second-order valence-corrected chi connectivity index (χ2v) is 7.37. The molecule has 1 aliphatic heterocycles. The van der Waals surface area contributed by atoms with Crippen LogP contribution in [0.4, 0.5) is 0 Å². The predicted molar refractivity (Wildman–Crippen MR) is 115 cm³/mol. The van der Waals surface area contributed by atoms with Gasteiger partial charge in [-0.3, -0.25) is 4.79 Å². The molecule has 0 saturated carbocycles. The number of nitrogens with two attached hydrogens (primary N) is 1. The Bertz CT molecular complexity index is 930. The Kier molecular flexibility index (Phi) is 6.27. The molecule has 1 aliphatic rings. The van der Waals surface area contributed by atoms with E-state index in [-0.39, 0.29) is 11.9 Å². The summed E-state index contributed by atoms with van der Waals surface area (Å²) in [5, 5.41) is 0. The van der Waals surface area contributed by atoms with Crippen LogP contribution in [0.2, 0.25) is 0 Å². The van der Waals surface area contributed by atoms with Crippen molar-refractivity contribution in [3.8, 4) is 0 Å². The van der Waals surface area contributed by atoms with Crippen molar-refractivity contribution in [2.45, 2.75) is 39.9 Å². The Balaban J connectivity index is 0.000000211. The quantitative estimate of drug-likeness (QED) is 0.690. The van der Waals surface area contributed by atoms with E-state index in [0.717, 1.165) is 11.1 Å². The van der Waals surface area contributed by atoms with Crippen LogP contribution in [-0.4, -0.2) is 10.8 Å². The van der Waals surface area contributed by atoms with Gasteiger partial charge in [0.2, 0.25) is 0 Å². The Morgan fingerprint density at radius 2 is 1.36 bits per heavy atom. The first-order chi connectivity index (χ1) is 13.5. The van der Waals surface area contributed by atoms with Gasteiger partial charge in [0.1, 0.15) is 0 Å². The zero-order chi connectivity index (χ0) is 20.1. The fraction of sp³-hybridized carbons (Fsp3) is 0.240. The second-order valence-electron chi connectivity index (χ2n) is 7.37. The minimum Gasteiger partial charge on any atom is -0.328 e. The minimum atomic E-state index is 0.142. The van der Waals surface area contributed by atoms with Crippen LogP contribution in [0.1, 0.15) is 51.1 Å². The van der Waals surface area contributed by atoms with Gasteiger partial charge in [0, 0.05) is 18.7 Å². The average Bonchev–Trinajstić information content (AvgIpc) is 2.96. The number of rotatable bonds is 3. The first-order valence-corrected chi connectivity index (χ1v) is 9.70. The summed E-state index contributed by atoms with van der Waals surface area (Å²) in [6.07, 6.45) is 0. The average molecular weight is 373 g/mol. The summed E-state index contributed by atoms with van der Waals surface area (Å²) in [4.78, 5) is 14.3. The summed E-state index contributed by atoms with van der Waals surface area (Å²) in [6.45, 7) is 7.55. The maximum Gasteiger partial charge on any atom is 0.255 e. The molecular formula is C25H28N2O. The van der Waals surface area contributed by atoms with Gasteiger partial charge < -0.3 is 10.6 Å². The molecule has 1 unspecified atom stereocenters. The Morgan fingerprint density at radius 3 is 1.89 bits per heavy atom. The molecule has 0 bridgehead atoms. The zero-order valence-electron chi connectivity index (χ0n) is 16.9. The van der Waals surface area contributed by atoms with Crippen LogP contribution in [0.3, 0.4) is 0 Å². The van der Waals surface area contributed by atoms with Crippen molar-refractivity contribution >= 4 is 5.91 Å². The molecule has 0 aliphatic carbocycles. The molecule has 144 valence electrons. The number of benzene rings is 3. The van der Waals surface area contributed by atoms with Gasteiger partial charge >= 0.3 is 0 Å². The van der Waals surface area contributed by atoms with Gasteiger partial charge in [-0.05, 0) is 43.5 Å². The van der Waals surface area contributed by atoms with Gasteiger partial charge in [-0.2, -0.15) is 0 Å². The van der Waals surface area contributed by atoms with E-state index in [4.69, 9.17) is 5.73 Å². The monoisotopic (exact) mass is 372 g/mol. The van der Waals surface area contributed by atoms with E-state index in [0.29, 0.717) is 13.1 Å². The molecule has 3 heteroatoms. The molecule has 28 heavy (non-hydrogen) atoms. The third kappa shape index (κ3) is 4.49. The highest BCUT2D eigenvalue weighted by Gasteiger charge is 2.33. The normalized spacial score (nSPS) is 15.1. The molecule has 3 aromatic rings. The third-order valence-corrected chi connectivity index (χ3v) is 5.20. The van der Waals surface area contributed by atoms with Crippen LogP contribution < -0.4 is 5.73 Å². The standard InChI is InChI=1S/C17H17NO.C8H11N/c1-12-7-9-14(10-8-12)11-18-13(2)15-5-3-4-6-16(15)17(18)19;1-7-2-4-8(6-9)5-3-7/h3-10,13H,11H2,1-2H3;2-5H,6,9H2,1H3. The summed E-state index contributed by atoms with van der Waals surface area (Å²) in [5.74, 6) is 0.142. The zero-order valence-corrected chi connectivity index (χ0v) is 16.9. The Morgan fingerprint density at radius 1 is 0.821 bits per heavy atom. The number of aryl methyl sites for hydroxylation is 2. The SMILES string of the molecule is Cc1ccc(CN)cc1.Cc1ccc(CN2C(=O)c3ccccc3C2C)cc1. The van der Waals surface area contributed by atoms with Crippen molar-refractivity contribution in [3.63, 3.8) is 0 Å². The van der Waals surface area contributed by atoms with Crippen LogP contribution in [0.15, 0.2) is 72.8 Å². The number of nitrogens with zero attached hydrogens (tertiary/aromatic N) is 1. The van der Waals surface area contributed by atoms with Gasteiger partial charge in [-0.15, -0.1) is 0 Å². The molecule has 3 nitrogen and oxygen atoms in total. The molecule has 3 aromatic carbocycles. The van der Waals surface area contributed by atoms with E-state index >= 15 is 0 Å². The third-order valence-electron chi connectivity index (χ3n) is 5.20. The van der Waals surface area contributed by atoms with E-state index in [1.165, 1.54) is 22.3 Å². The largest absolute Gasteiger partial charge is 0.328 e. The molecule has 0 saturated heterocycles. The van der Waals surface area contributed by atoms with Crippen molar-refractivity contribution in [3.05, 3.63) is 106 Å². The number of fused-ring (bicyclic) bond motifs is 1. The van der Waals surface area contributed by atoms with Crippen molar-refractivity contribution in [1.82, 2.24) is 4.90 Å². The molecule has 1 heterocycles. The summed E-state index contributed by atoms with van der Waals surface area (Å²) in [6, 6.07) is 24.7. The number of hydrogen-bond donors (Lipinski definition) is 1. The first-order valence-electron chi connectivity index (χ1n) is 9.70. The lowest BCUT2D eigenvalue weighted by atomic mass is 10.1. The van der Waals surface area contributed by atoms with Crippen molar-refractivity contribution < 1.29 is 4.79 Å². The highest BCUT2D eigenvalue weighted by Crippen LogP contribution is 2.34. The van der Waals surface area contributed by atoms with Crippen LogP contribution in [0.25, 0.3) is 0 Å². The van der Waals surface area contributed by atoms with Crippen LogP contribution in [0, 0.1) is 13.8 Å². The van der Waals surface area contributed by atoms with Crippen LogP contribution in [-0.2, 0) is 13.1 Å². The van der Waals surface area contributed by atoms with E-state index in [9.17, 15) is 4.79 Å². The van der Waals surface area contributed by atoms with Gasteiger partial charge in [0.15, 0.2) is 0 Å². The Hall–Kier alpha value is -2.91. The lowest BCUT2D eigenvalue weighted by Crippen LogP contribution is -2.26. The lowest BCUT2D eigenvalue weighted by Gasteiger charge is -2.22. The van der Waals surface area contributed by atoms with Gasteiger partial charge in [0.25, 0.3) is 5.91 Å². The lowest BCUT2D eigenvalue weighted by molar-refractivity contribution is 0.0723. The topological polar surface area (TPSA) is 46.3 Å². The van der Waals surface area contributed by atoms with Gasteiger partial charge in [0.05, 0.1) is 6.04 Å². The van der Waals surface area contributed by atoms with Crippen molar-refractivity contribution in [1.29, 1.82) is 0 Å². The molecule has 0 radical (unpaired) electrons. The minimum absolute atomic E-state index is 0.142. The van der Waals surface area contributed by atoms with Gasteiger partial charge in [-0.25, -0.2) is 0 Å². The fourth-order valence-corrected chi connectivity index (χ4v) is 3.38. The maximum absolute atomic E-state index is 12.4. The summed E-state index contributed by atoms with van der Waals surface area (Å²) < 4.78 is 0. The number of carbonyl (C=O) groups excluding carboxylic acids is 1. The summed E-state index contributed by atoms with van der Waals surface area (Å²) in [5.41, 5.74) is 12.3. The summed E-state index contributed by atoms with van der Waals surface area (Å²) >= 11 is 0. The maximum atomic E-state index is 12.4. The number of carbonyl (C=O) groups is 1. The van der Waals surface area contributed by atoms with E-state index < -0.39 is 0 Å². The molecule has 2 N–H and O–H groups in total. The van der Waals surface area contributed by atoms with Gasteiger partial charge in [-0.1, -0.05) is 77.9 Å². The number of amides is 1. The van der Waals surface area contributed by atoms with Crippen LogP contribution in [0.5, 0.6) is 0 Å². The van der Waals surface area contributed by atoms with E-state index in [1.807, 2.05) is 29.2 Å². The highest BCUT2D eigenvalue weighted by molar-refractivity contribution is 5.99. The highest BCUT2D eigenvalue weighted by atomic mass is 16.2. The molecular weight excluding hydrogens is 344 g/mol. The van der Waals surface area contributed by atoms with Crippen molar-refractivity contribution in [2.24, 2.45) is 5.73 Å². The van der Waals surface area contributed by atoms with Crippen LogP contribution >= 0.6 is 0 Å². The first kappa shape index (κ1) is 19.8. The molecule has 1 atom stereocenters. The Labute approximate surface area is 167 Å². The number of hydrogen-bond acceptors (Lipinski definition) is 2. The molecule has 0 spiro atoms. The smallest absolute Gasteiger partial charge is 0.255 e. The second kappa shape index (κ2) is 8.85. The fourth-order valence-electron chi connectivity index (χ4n) is 3.38. The molecule has 4 rings (SSSR count). The van der Waals surface area contributed by atoms with E-state index in [1.54, 1.807) is 0 Å². The predicted octanol–water partition coefficient (Wildman–Crippen LogP) is 5.17.